The highest BCUT2D eigenvalue weighted by Gasteiger charge is 2.21. The van der Waals surface area contributed by atoms with Crippen molar-refractivity contribution < 1.29 is 4.79 Å². The number of thiazole rings is 1. The predicted molar refractivity (Wildman–Crippen MR) is 106 cm³/mol. The van der Waals surface area contributed by atoms with Crippen molar-refractivity contribution in [2.75, 3.05) is 38.0 Å². The molecule has 1 N–H and O–H groups in total. The average molecular weight is 383 g/mol. The van der Waals surface area contributed by atoms with E-state index < -0.39 is 0 Å². The van der Waals surface area contributed by atoms with E-state index in [0.29, 0.717) is 23.7 Å². The van der Waals surface area contributed by atoms with Gasteiger partial charge in [0.2, 0.25) is 5.91 Å². The van der Waals surface area contributed by atoms with E-state index in [4.69, 9.17) is 0 Å². The number of carbonyl (C=O) groups excluding carboxylic acids is 1. The maximum atomic E-state index is 12.5. The summed E-state index contributed by atoms with van der Waals surface area (Å²) < 4.78 is 1.49. The number of nitrogens with zero attached hydrogens (tertiary/aromatic N) is 4. The molecule has 27 heavy (non-hydrogen) atoms. The molecule has 0 unspecified atom stereocenters. The summed E-state index contributed by atoms with van der Waals surface area (Å²) in [5.74, 6) is 0.00387. The molecule has 7 nitrogen and oxygen atoms in total. The van der Waals surface area contributed by atoms with Crippen LogP contribution in [0.25, 0.3) is 4.96 Å². The number of benzene rings is 1. The van der Waals surface area contributed by atoms with Gasteiger partial charge in [0.05, 0.1) is 12.7 Å². The van der Waals surface area contributed by atoms with Crippen LogP contribution in [0.5, 0.6) is 0 Å². The molecule has 4 rings (SSSR count). The van der Waals surface area contributed by atoms with Gasteiger partial charge in [-0.2, -0.15) is 0 Å². The van der Waals surface area contributed by atoms with Crippen LogP contribution >= 0.6 is 11.3 Å². The molecular formula is C19H21N5O2S. The van der Waals surface area contributed by atoms with Crippen molar-refractivity contribution in [1.29, 1.82) is 0 Å². The molecule has 8 heteroatoms. The van der Waals surface area contributed by atoms with Crippen LogP contribution in [0, 0.1) is 0 Å². The van der Waals surface area contributed by atoms with Crippen molar-refractivity contribution in [2.45, 2.75) is 6.54 Å². The summed E-state index contributed by atoms with van der Waals surface area (Å²) in [6.07, 6.45) is 3.19. The Bertz CT molecular complexity index is 976. The molecule has 3 aromatic rings. The number of amides is 1. The van der Waals surface area contributed by atoms with E-state index in [9.17, 15) is 9.59 Å². The fraction of sp³-hybridized carbons (Fsp3) is 0.316. The average Bonchev–Trinajstić information content (AvgIpc) is 3.18. The normalized spacial score (nSPS) is 15.2. The van der Waals surface area contributed by atoms with Crippen LogP contribution < -0.4 is 10.9 Å². The topological polar surface area (TPSA) is 70.0 Å². The molecule has 0 atom stereocenters. The first kappa shape index (κ1) is 17.7. The molecule has 0 saturated carbocycles. The first-order valence-electron chi connectivity index (χ1n) is 8.93. The van der Waals surface area contributed by atoms with Crippen LogP contribution in [-0.4, -0.2) is 57.8 Å². The van der Waals surface area contributed by atoms with Crippen LogP contribution in [0.4, 0.5) is 5.69 Å². The highest BCUT2D eigenvalue weighted by atomic mass is 32.1. The minimum atomic E-state index is -0.179. The lowest BCUT2D eigenvalue weighted by molar-refractivity contribution is -0.131. The zero-order valence-corrected chi connectivity index (χ0v) is 15.7. The monoisotopic (exact) mass is 383 g/mol. The Kier molecular flexibility index (Phi) is 5.17. The number of nitrogens with one attached hydrogen (secondary N) is 1. The predicted octanol–water partition coefficient (Wildman–Crippen LogP) is 1.51. The Labute approximate surface area is 160 Å². The lowest BCUT2D eigenvalue weighted by Crippen LogP contribution is -2.49. The fourth-order valence-corrected chi connectivity index (χ4v) is 3.90. The van der Waals surface area contributed by atoms with E-state index in [0.717, 1.165) is 19.6 Å². The molecule has 1 saturated heterocycles. The van der Waals surface area contributed by atoms with Crippen LogP contribution in [0.15, 0.2) is 52.9 Å². The highest BCUT2D eigenvalue weighted by Crippen LogP contribution is 2.10. The minimum Gasteiger partial charge on any atom is -0.370 e. The maximum absolute atomic E-state index is 12.5. The largest absolute Gasteiger partial charge is 0.370 e. The third-order valence-corrected chi connectivity index (χ3v) is 5.52. The van der Waals surface area contributed by atoms with Crippen LogP contribution in [-0.2, 0) is 11.3 Å². The van der Waals surface area contributed by atoms with Gasteiger partial charge in [-0.3, -0.25) is 18.9 Å². The Morgan fingerprint density at radius 3 is 2.70 bits per heavy atom. The summed E-state index contributed by atoms with van der Waals surface area (Å²) in [7, 11) is 0. The zero-order chi connectivity index (χ0) is 18.6. The van der Waals surface area contributed by atoms with E-state index in [1.54, 1.807) is 6.20 Å². The quantitative estimate of drug-likeness (QED) is 0.723. The molecule has 0 bridgehead atoms. The van der Waals surface area contributed by atoms with Gasteiger partial charge in [-0.1, -0.05) is 30.3 Å². The van der Waals surface area contributed by atoms with Crippen LogP contribution in [0.1, 0.15) is 5.56 Å². The molecule has 1 aliphatic heterocycles. The van der Waals surface area contributed by atoms with Crippen molar-refractivity contribution >= 4 is 27.9 Å². The maximum Gasteiger partial charge on any atom is 0.281 e. The zero-order valence-electron chi connectivity index (χ0n) is 14.9. The fourth-order valence-electron chi connectivity index (χ4n) is 3.23. The van der Waals surface area contributed by atoms with Crippen molar-refractivity contribution in [3.8, 4) is 0 Å². The molecule has 1 fully saturated rings. The molecule has 3 heterocycles. The number of hydrogen-bond acceptors (Lipinski definition) is 6. The smallest absolute Gasteiger partial charge is 0.281 e. The molecule has 140 valence electrons. The highest BCUT2D eigenvalue weighted by molar-refractivity contribution is 7.15. The van der Waals surface area contributed by atoms with Crippen molar-refractivity contribution in [1.82, 2.24) is 19.2 Å². The van der Waals surface area contributed by atoms with Gasteiger partial charge in [0.25, 0.3) is 5.56 Å². The first-order valence-corrected chi connectivity index (χ1v) is 9.81. The van der Waals surface area contributed by atoms with E-state index in [1.165, 1.54) is 27.5 Å². The third kappa shape index (κ3) is 4.01. The third-order valence-electron chi connectivity index (χ3n) is 4.75. The van der Waals surface area contributed by atoms with E-state index in [-0.39, 0.29) is 18.0 Å². The van der Waals surface area contributed by atoms with Gasteiger partial charge in [-0.25, -0.2) is 4.98 Å². The molecule has 0 aliphatic carbocycles. The van der Waals surface area contributed by atoms with Crippen LogP contribution in [0.2, 0.25) is 0 Å². The number of aromatic nitrogens is 2. The number of piperazine rings is 1. The molecule has 0 spiro atoms. The lowest BCUT2D eigenvalue weighted by atomic mass is 10.2. The summed E-state index contributed by atoms with van der Waals surface area (Å²) >= 11 is 1.40. The molecule has 0 radical (unpaired) electrons. The molecule has 1 aromatic carbocycles. The Morgan fingerprint density at radius 1 is 1.15 bits per heavy atom. The number of anilines is 1. The Hall–Kier alpha value is -2.71. The van der Waals surface area contributed by atoms with Gasteiger partial charge < -0.3 is 10.2 Å². The van der Waals surface area contributed by atoms with Crippen molar-refractivity contribution in [3.63, 3.8) is 0 Å². The summed E-state index contributed by atoms with van der Waals surface area (Å²) in [6.45, 7) is 4.12. The van der Waals surface area contributed by atoms with E-state index >= 15 is 0 Å². The van der Waals surface area contributed by atoms with Gasteiger partial charge >= 0.3 is 0 Å². The number of rotatable bonds is 5. The summed E-state index contributed by atoms with van der Waals surface area (Å²) in [5, 5.41) is 4.76. The second-order valence-corrected chi connectivity index (χ2v) is 7.40. The van der Waals surface area contributed by atoms with Gasteiger partial charge in [0, 0.05) is 44.3 Å². The minimum absolute atomic E-state index is 0.00387. The van der Waals surface area contributed by atoms with Crippen molar-refractivity contribution in [3.05, 3.63) is 64.0 Å². The standard InChI is InChI=1S/C19H21N5O2S/c25-17(13-20-16-12-21-19-24(18(16)26)10-11-27-19)23-8-6-22(7-9-23)14-15-4-2-1-3-5-15/h1-5,10-12,20H,6-9,13-14H2. The summed E-state index contributed by atoms with van der Waals surface area (Å²) in [5.41, 5.74) is 1.46. The van der Waals surface area contributed by atoms with E-state index in [1.807, 2.05) is 28.5 Å². The van der Waals surface area contributed by atoms with Crippen molar-refractivity contribution in [2.24, 2.45) is 0 Å². The molecular weight excluding hydrogens is 362 g/mol. The number of fused-ring (bicyclic) bond motifs is 1. The number of hydrogen-bond donors (Lipinski definition) is 1. The SMILES string of the molecule is O=C(CNc1cnc2sccn2c1=O)N1CCN(Cc2ccccc2)CC1. The van der Waals surface area contributed by atoms with E-state index in [2.05, 4.69) is 27.3 Å². The first-order chi connectivity index (χ1) is 13.2. The lowest BCUT2D eigenvalue weighted by Gasteiger charge is -2.34. The van der Waals surface area contributed by atoms with Gasteiger partial charge in [-0.05, 0) is 5.56 Å². The molecule has 2 aromatic heterocycles. The van der Waals surface area contributed by atoms with Gasteiger partial charge in [-0.15, -0.1) is 11.3 Å². The Balaban J connectivity index is 1.29. The summed E-state index contributed by atoms with van der Waals surface area (Å²) in [6, 6.07) is 10.4. The van der Waals surface area contributed by atoms with Crippen LogP contribution in [0.3, 0.4) is 0 Å². The van der Waals surface area contributed by atoms with Gasteiger partial charge in [0.15, 0.2) is 4.96 Å². The second-order valence-electron chi connectivity index (χ2n) is 6.53. The molecule has 1 aliphatic rings. The van der Waals surface area contributed by atoms with Gasteiger partial charge in [0.1, 0.15) is 5.69 Å². The summed E-state index contributed by atoms with van der Waals surface area (Å²) in [4.78, 5) is 33.9. The molecule has 1 amide bonds. The Morgan fingerprint density at radius 2 is 1.93 bits per heavy atom. The second kappa shape index (κ2) is 7.89. The number of carbonyl (C=O) groups is 1.